The number of carbonyl (C=O) groups excluding carboxylic acids is 1. The number of sulfonamides is 1. The number of hydrogen-bond donors (Lipinski definition) is 0. The molecular weight excluding hydrogens is 448 g/mol. The van der Waals surface area contributed by atoms with Crippen LogP contribution in [0, 0.1) is 23.2 Å². The van der Waals surface area contributed by atoms with Crippen molar-refractivity contribution in [3.63, 3.8) is 0 Å². The fourth-order valence-electron chi connectivity index (χ4n) is 7.16. The number of nitrogens with zero attached hydrogens (tertiary/aromatic N) is 2. The summed E-state index contributed by atoms with van der Waals surface area (Å²) in [5, 5.41) is 0. The number of ether oxygens (including phenoxy) is 1. The van der Waals surface area contributed by atoms with Gasteiger partial charge in [-0.1, -0.05) is 6.07 Å². The maximum atomic E-state index is 13.4. The van der Waals surface area contributed by atoms with Gasteiger partial charge < -0.3 is 9.64 Å². The predicted octanol–water partition coefficient (Wildman–Crippen LogP) is 4.81. The first kappa shape index (κ1) is 23.2. The minimum Gasteiger partial charge on any atom is -0.497 e. The molecule has 4 bridgehead atoms. The molecule has 7 heteroatoms. The standard InChI is InChI=1S/C27H34N2O4S/c1-28(18-27-15-19-11-20(16-27)13-21(12-19)17-27)26(30)22-5-4-6-25(14-22)34(31,32)29(2)23-7-9-24(33-3)10-8-23/h4-10,14,19-21H,11-13,15-18H2,1-3H3. The third-order valence-corrected chi connectivity index (χ3v) is 10.0. The van der Waals surface area contributed by atoms with E-state index in [1.165, 1.54) is 55.9 Å². The van der Waals surface area contributed by atoms with Gasteiger partial charge in [-0.05, 0) is 104 Å². The Morgan fingerprint density at radius 2 is 1.56 bits per heavy atom. The number of rotatable bonds is 7. The molecule has 0 aromatic heterocycles. The van der Waals surface area contributed by atoms with Gasteiger partial charge in [0.1, 0.15) is 5.75 Å². The Hall–Kier alpha value is -2.54. The summed E-state index contributed by atoms with van der Waals surface area (Å²) >= 11 is 0. The average molecular weight is 483 g/mol. The maximum absolute atomic E-state index is 13.4. The van der Waals surface area contributed by atoms with Gasteiger partial charge in [0.2, 0.25) is 0 Å². The van der Waals surface area contributed by atoms with E-state index in [9.17, 15) is 13.2 Å². The van der Waals surface area contributed by atoms with Gasteiger partial charge in [-0.15, -0.1) is 0 Å². The van der Waals surface area contributed by atoms with Gasteiger partial charge in [0.15, 0.2) is 0 Å². The molecule has 0 radical (unpaired) electrons. The van der Waals surface area contributed by atoms with Gasteiger partial charge in [0.25, 0.3) is 15.9 Å². The molecule has 2 aromatic rings. The van der Waals surface area contributed by atoms with Gasteiger partial charge in [0, 0.05) is 26.2 Å². The largest absolute Gasteiger partial charge is 0.497 e. The second kappa shape index (κ2) is 8.59. The lowest BCUT2D eigenvalue weighted by Gasteiger charge is -2.57. The Labute approximate surface area is 203 Å². The van der Waals surface area contributed by atoms with Gasteiger partial charge in [-0.2, -0.15) is 0 Å². The van der Waals surface area contributed by atoms with Crippen LogP contribution in [0.15, 0.2) is 53.4 Å². The molecule has 2 aromatic carbocycles. The Balaban J connectivity index is 1.33. The van der Waals surface area contributed by atoms with Gasteiger partial charge in [-0.3, -0.25) is 9.10 Å². The quantitative estimate of drug-likeness (QED) is 0.568. The highest BCUT2D eigenvalue weighted by molar-refractivity contribution is 7.92. The number of carbonyl (C=O) groups is 1. The summed E-state index contributed by atoms with van der Waals surface area (Å²) in [5.41, 5.74) is 1.19. The van der Waals surface area contributed by atoms with Crippen LogP contribution in [-0.2, 0) is 10.0 Å². The normalized spacial score (nSPS) is 27.4. The third-order valence-electron chi connectivity index (χ3n) is 8.26. The fourth-order valence-corrected chi connectivity index (χ4v) is 8.40. The van der Waals surface area contributed by atoms with Crippen molar-refractivity contribution in [2.45, 2.75) is 43.4 Å². The first-order chi connectivity index (χ1) is 16.2. The molecule has 34 heavy (non-hydrogen) atoms. The van der Waals surface area contributed by atoms with E-state index in [1.54, 1.807) is 49.6 Å². The van der Waals surface area contributed by atoms with E-state index >= 15 is 0 Å². The van der Waals surface area contributed by atoms with Crippen LogP contribution in [0.3, 0.4) is 0 Å². The smallest absolute Gasteiger partial charge is 0.264 e. The van der Waals surface area contributed by atoms with Crippen LogP contribution in [0.5, 0.6) is 5.75 Å². The lowest BCUT2D eigenvalue weighted by molar-refractivity contribution is -0.0629. The monoisotopic (exact) mass is 482 g/mol. The molecule has 182 valence electrons. The molecular formula is C27H34N2O4S. The second-order valence-corrected chi connectivity index (χ2v) is 12.7. The van der Waals surface area contributed by atoms with E-state index in [4.69, 9.17) is 4.74 Å². The average Bonchev–Trinajstić information content (AvgIpc) is 2.82. The first-order valence-electron chi connectivity index (χ1n) is 12.2. The highest BCUT2D eigenvalue weighted by Crippen LogP contribution is 2.60. The number of amides is 1. The van der Waals surface area contributed by atoms with E-state index in [-0.39, 0.29) is 16.2 Å². The van der Waals surface area contributed by atoms with Crippen molar-refractivity contribution in [2.75, 3.05) is 32.1 Å². The lowest BCUT2D eigenvalue weighted by Crippen LogP contribution is -2.51. The van der Waals surface area contributed by atoms with Crippen LogP contribution < -0.4 is 9.04 Å². The van der Waals surface area contributed by atoms with Crippen molar-refractivity contribution in [3.05, 3.63) is 54.1 Å². The van der Waals surface area contributed by atoms with Crippen molar-refractivity contribution >= 4 is 21.6 Å². The molecule has 0 spiro atoms. The number of anilines is 1. The minimum absolute atomic E-state index is 0.111. The Bertz CT molecular complexity index is 1140. The summed E-state index contributed by atoms with van der Waals surface area (Å²) < 4.78 is 33.0. The van der Waals surface area contributed by atoms with Crippen molar-refractivity contribution in [1.82, 2.24) is 4.90 Å². The Morgan fingerprint density at radius 1 is 0.971 bits per heavy atom. The minimum atomic E-state index is -3.82. The zero-order valence-electron chi connectivity index (χ0n) is 20.2. The molecule has 0 N–H and O–H groups in total. The molecule has 4 aliphatic carbocycles. The molecule has 6 rings (SSSR count). The van der Waals surface area contributed by atoms with E-state index in [0.29, 0.717) is 17.0 Å². The Morgan fingerprint density at radius 3 is 2.12 bits per heavy atom. The lowest BCUT2D eigenvalue weighted by atomic mass is 9.49. The highest BCUT2D eigenvalue weighted by atomic mass is 32.2. The molecule has 4 aliphatic rings. The number of benzene rings is 2. The van der Waals surface area contributed by atoms with Crippen molar-refractivity contribution in [3.8, 4) is 5.75 Å². The fraction of sp³-hybridized carbons (Fsp3) is 0.519. The third kappa shape index (κ3) is 4.19. The van der Waals surface area contributed by atoms with Crippen molar-refractivity contribution in [2.24, 2.45) is 23.2 Å². The van der Waals surface area contributed by atoms with E-state index < -0.39 is 10.0 Å². The molecule has 4 fully saturated rings. The molecule has 0 saturated heterocycles. The topological polar surface area (TPSA) is 66.9 Å². The maximum Gasteiger partial charge on any atom is 0.264 e. The van der Waals surface area contributed by atoms with E-state index in [2.05, 4.69) is 0 Å². The van der Waals surface area contributed by atoms with Crippen LogP contribution >= 0.6 is 0 Å². The molecule has 0 aliphatic heterocycles. The molecule has 6 nitrogen and oxygen atoms in total. The number of hydrogen-bond acceptors (Lipinski definition) is 4. The zero-order chi connectivity index (χ0) is 24.1. The SMILES string of the molecule is COc1ccc(N(C)S(=O)(=O)c2cccc(C(=O)N(C)CC34CC5CC(CC(C5)C3)C4)c2)cc1. The first-order valence-corrected chi connectivity index (χ1v) is 13.6. The van der Waals surface area contributed by atoms with Crippen LogP contribution in [0.4, 0.5) is 5.69 Å². The van der Waals surface area contributed by atoms with Gasteiger partial charge in [0.05, 0.1) is 17.7 Å². The predicted molar refractivity (Wildman–Crippen MR) is 133 cm³/mol. The molecule has 0 unspecified atom stereocenters. The van der Waals surface area contributed by atoms with Crippen LogP contribution in [0.1, 0.15) is 48.9 Å². The molecule has 0 heterocycles. The van der Waals surface area contributed by atoms with E-state index in [0.717, 1.165) is 24.3 Å². The highest BCUT2D eigenvalue weighted by Gasteiger charge is 2.51. The summed E-state index contributed by atoms with van der Waals surface area (Å²) in [6, 6.07) is 13.3. The molecule has 4 saturated carbocycles. The summed E-state index contributed by atoms with van der Waals surface area (Å²) in [6.07, 6.45) is 7.82. The van der Waals surface area contributed by atoms with Gasteiger partial charge >= 0.3 is 0 Å². The van der Waals surface area contributed by atoms with Crippen LogP contribution in [-0.4, -0.2) is 47.0 Å². The molecule has 0 atom stereocenters. The summed E-state index contributed by atoms with van der Waals surface area (Å²) in [6.45, 7) is 0.762. The summed E-state index contributed by atoms with van der Waals surface area (Å²) in [7, 11) is 1.14. The summed E-state index contributed by atoms with van der Waals surface area (Å²) in [5.74, 6) is 3.04. The van der Waals surface area contributed by atoms with Crippen LogP contribution in [0.2, 0.25) is 0 Å². The van der Waals surface area contributed by atoms with Crippen LogP contribution in [0.25, 0.3) is 0 Å². The van der Waals surface area contributed by atoms with Gasteiger partial charge in [-0.25, -0.2) is 8.42 Å². The molecule has 1 amide bonds. The number of methoxy groups -OCH3 is 1. The zero-order valence-corrected chi connectivity index (χ0v) is 21.1. The summed E-state index contributed by atoms with van der Waals surface area (Å²) in [4.78, 5) is 15.3. The van der Waals surface area contributed by atoms with Crippen molar-refractivity contribution in [1.29, 1.82) is 0 Å². The Kier molecular flexibility index (Phi) is 5.87. The van der Waals surface area contributed by atoms with Crippen molar-refractivity contribution < 1.29 is 17.9 Å². The second-order valence-electron chi connectivity index (χ2n) is 10.8. The van der Waals surface area contributed by atoms with E-state index in [1.807, 2.05) is 11.9 Å².